The fraction of sp³-hybridized carbons (Fsp3) is 0.368. The smallest absolute Gasteiger partial charge is 0.247 e. The van der Waals surface area contributed by atoms with Crippen molar-refractivity contribution in [1.82, 2.24) is 4.57 Å². The molecule has 2 N–H and O–H groups in total. The minimum absolute atomic E-state index is 0.122. The van der Waals surface area contributed by atoms with Crippen molar-refractivity contribution in [3.8, 4) is 5.75 Å². The molecule has 0 aliphatic heterocycles. The number of carbonyl (C=O) groups excluding carboxylic acids is 2. The summed E-state index contributed by atoms with van der Waals surface area (Å²) in [5.74, 6) is 0.611. The van der Waals surface area contributed by atoms with Gasteiger partial charge in [-0.05, 0) is 42.7 Å². The molecule has 6 nitrogen and oxygen atoms in total. The van der Waals surface area contributed by atoms with E-state index in [4.69, 9.17) is 4.74 Å². The summed E-state index contributed by atoms with van der Waals surface area (Å²) in [5.41, 5.74) is 1.13. The molecule has 0 spiro atoms. The van der Waals surface area contributed by atoms with Gasteiger partial charge in [-0.15, -0.1) is 0 Å². The second-order valence-electron chi connectivity index (χ2n) is 6.36. The lowest BCUT2D eigenvalue weighted by atomic mass is 10.0. The monoisotopic (exact) mass is 343 g/mol. The Balaban J connectivity index is 2.26. The van der Waals surface area contributed by atoms with Gasteiger partial charge < -0.3 is 19.9 Å². The number of nitrogens with zero attached hydrogens (tertiary/aromatic N) is 1. The number of methoxy groups -OCH3 is 1. The fourth-order valence-electron chi connectivity index (χ4n) is 2.67. The first-order valence-corrected chi connectivity index (χ1v) is 8.29. The summed E-state index contributed by atoms with van der Waals surface area (Å²) in [4.78, 5) is 24.1. The highest BCUT2D eigenvalue weighted by atomic mass is 16.5. The van der Waals surface area contributed by atoms with E-state index in [0.29, 0.717) is 29.5 Å². The van der Waals surface area contributed by atoms with E-state index < -0.39 is 0 Å². The quantitative estimate of drug-likeness (QED) is 0.805. The van der Waals surface area contributed by atoms with Crippen LogP contribution in [0.4, 0.5) is 11.4 Å². The Labute approximate surface area is 148 Å². The molecule has 0 aliphatic rings. The lowest BCUT2D eigenvalue weighted by molar-refractivity contribution is -0.119. The summed E-state index contributed by atoms with van der Waals surface area (Å²) in [6, 6.07) is 8.63. The molecular weight excluding hydrogens is 318 g/mol. The molecule has 6 heteroatoms. The summed E-state index contributed by atoms with van der Waals surface area (Å²) in [6.07, 6.45) is 4.49. The van der Waals surface area contributed by atoms with Crippen LogP contribution in [0.5, 0.6) is 5.75 Å². The highest BCUT2D eigenvalue weighted by molar-refractivity contribution is 5.96. The third-order valence-electron chi connectivity index (χ3n) is 3.76. The zero-order valence-electron chi connectivity index (χ0n) is 15.1. The fourth-order valence-corrected chi connectivity index (χ4v) is 2.67. The van der Waals surface area contributed by atoms with E-state index >= 15 is 0 Å². The summed E-state index contributed by atoms with van der Waals surface area (Å²) >= 11 is 0. The Morgan fingerprint density at radius 1 is 1.16 bits per heavy atom. The number of hydrogen-bond donors (Lipinski definition) is 2. The molecule has 1 aromatic heterocycles. The van der Waals surface area contributed by atoms with Crippen LogP contribution in [0, 0.1) is 5.92 Å². The molecule has 1 heterocycles. The van der Waals surface area contributed by atoms with Gasteiger partial charge in [0.1, 0.15) is 11.8 Å². The summed E-state index contributed by atoms with van der Waals surface area (Å²) in [5, 5.41) is 5.64. The van der Waals surface area contributed by atoms with Crippen molar-refractivity contribution < 1.29 is 14.3 Å². The van der Waals surface area contributed by atoms with Crippen LogP contribution >= 0.6 is 0 Å². The normalized spacial score (nSPS) is 11.9. The first kappa shape index (κ1) is 18.6. The van der Waals surface area contributed by atoms with Gasteiger partial charge in [0, 0.05) is 25.0 Å². The van der Waals surface area contributed by atoms with E-state index in [1.807, 2.05) is 29.1 Å². The molecule has 0 fully saturated rings. The van der Waals surface area contributed by atoms with Crippen LogP contribution in [0.3, 0.4) is 0 Å². The lowest BCUT2D eigenvalue weighted by Gasteiger charge is -2.21. The molecular formula is C19H25N3O3. The van der Waals surface area contributed by atoms with Crippen LogP contribution in [0.2, 0.25) is 0 Å². The second kappa shape index (κ2) is 8.37. The van der Waals surface area contributed by atoms with Gasteiger partial charge in [0.05, 0.1) is 12.8 Å². The number of aromatic nitrogens is 1. The van der Waals surface area contributed by atoms with Crippen molar-refractivity contribution in [1.29, 1.82) is 0 Å². The van der Waals surface area contributed by atoms with E-state index in [-0.39, 0.29) is 17.9 Å². The van der Waals surface area contributed by atoms with Crippen molar-refractivity contribution in [3.05, 3.63) is 42.7 Å². The second-order valence-corrected chi connectivity index (χ2v) is 6.36. The van der Waals surface area contributed by atoms with Gasteiger partial charge in [0.25, 0.3) is 0 Å². The minimum atomic E-state index is -0.316. The first-order valence-electron chi connectivity index (χ1n) is 8.29. The number of anilines is 2. The Morgan fingerprint density at radius 3 is 2.40 bits per heavy atom. The molecule has 0 unspecified atom stereocenters. The summed E-state index contributed by atoms with van der Waals surface area (Å²) in [7, 11) is 1.54. The van der Waals surface area contributed by atoms with Crippen molar-refractivity contribution in [2.45, 2.75) is 33.2 Å². The molecule has 2 rings (SSSR count). The maximum absolute atomic E-state index is 12.9. The average molecular weight is 343 g/mol. The number of benzene rings is 1. The highest BCUT2D eigenvalue weighted by Crippen LogP contribution is 2.29. The van der Waals surface area contributed by atoms with E-state index in [9.17, 15) is 9.59 Å². The first-order chi connectivity index (χ1) is 11.9. The van der Waals surface area contributed by atoms with Crippen LogP contribution in [-0.2, 0) is 9.59 Å². The standard InChI is InChI=1S/C19H25N3O3/c1-13(2)11-17(22-9-5-6-10-22)19(24)21-16-12-15(20-14(3)23)7-8-18(16)25-4/h5-10,12-13,17H,11H2,1-4H3,(H,20,23)(H,21,24)/t17-/m0/s1. The molecule has 0 bridgehead atoms. The van der Waals surface area contributed by atoms with E-state index in [2.05, 4.69) is 24.5 Å². The topological polar surface area (TPSA) is 72.4 Å². The molecule has 2 amide bonds. The number of ether oxygens (including phenoxy) is 1. The van der Waals surface area contributed by atoms with E-state index in [1.165, 1.54) is 6.92 Å². The van der Waals surface area contributed by atoms with E-state index in [1.54, 1.807) is 25.3 Å². The molecule has 1 atom stereocenters. The Hall–Kier alpha value is -2.76. The van der Waals surface area contributed by atoms with Crippen LogP contribution in [0.1, 0.15) is 33.2 Å². The molecule has 1 aromatic carbocycles. The maximum atomic E-state index is 12.9. The zero-order chi connectivity index (χ0) is 18.4. The zero-order valence-corrected chi connectivity index (χ0v) is 15.1. The van der Waals surface area contributed by atoms with Crippen molar-refractivity contribution in [2.75, 3.05) is 17.7 Å². The third kappa shape index (κ3) is 5.11. The van der Waals surface area contributed by atoms with Gasteiger partial charge in [0.15, 0.2) is 0 Å². The van der Waals surface area contributed by atoms with Crippen LogP contribution < -0.4 is 15.4 Å². The van der Waals surface area contributed by atoms with Gasteiger partial charge in [0.2, 0.25) is 11.8 Å². The molecule has 0 radical (unpaired) electrons. The number of hydrogen-bond acceptors (Lipinski definition) is 3. The Kier molecular flexibility index (Phi) is 6.22. The number of rotatable bonds is 7. The number of carbonyl (C=O) groups is 2. The molecule has 25 heavy (non-hydrogen) atoms. The highest BCUT2D eigenvalue weighted by Gasteiger charge is 2.22. The van der Waals surface area contributed by atoms with Crippen LogP contribution in [0.15, 0.2) is 42.7 Å². The van der Waals surface area contributed by atoms with Crippen molar-refractivity contribution in [3.63, 3.8) is 0 Å². The van der Waals surface area contributed by atoms with Crippen LogP contribution in [0.25, 0.3) is 0 Å². The molecule has 134 valence electrons. The molecule has 0 saturated heterocycles. The molecule has 0 saturated carbocycles. The SMILES string of the molecule is COc1ccc(NC(C)=O)cc1NC(=O)[C@H](CC(C)C)n1cccc1. The minimum Gasteiger partial charge on any atom is -0.495 e. The van der Waals surface area contributed by atoms with Gasteiger partial charge in [-0.1, -0.05) is 13.8 Å². The van der Waals surface area contributed by atoms with Gasteiger partial charge in [-0.25, -0.2) is 0 Å². The Morgan fingerprint density at radius 2 is 1.84 bits per heavy atom. The number of amides is 2. The van der Waals surface area contributed by atoms with Crippen LogP contribution in [-0.4, -0.2) is 23.5 Å². The summed E-state index contributed by atoms with van der Waals surface area (Å²) < 4.78 is 7.23. The molecule has 2 aromatic rings. The number of nitrogens with one attached hydrogen (secondary N) is 2. The predicted octanol–water partition coefficient (Wildman–Crippen LogP) is 3.68. The van der Waals surface area contributed by atoms with E-state index in [0.717, 1.165) is 0 Å². The Bertz CT molecular complexity index is 724. The van der Waals surface area contributed by atoms with Gasteiger partial charge in [-0.2, -0.15) is 0 Å². The third-order valence-corrected chi connectivity index (χ3v) is 3.76. The predicted molar refractivity (Wildman–Crippen MR) is 98.9 cm³/mol. The largest absolute Gasteiger partial charge is 0.495 e. The van der Waals surface area contributed by atoms with Crippen molar-refractivity contribution in [2.24, 2.45) is 5.92 Å². The maximum Gasteiger partial charge on any atom is 0.247 e. The van der Waals surface area contributed by atoms with Gasteiger partial charge in [-0.3, -0.25) is 9.59 Å². The summed E-state index contributed by atoms with van der Waals surface area (Å²) in [6.45, 7) is 5.61. The average Bonchev–Trinajstić information content (AvgIpc) is 3.06. The van der Waals surface area contributed by atoms with Crippen molar-refractivity contribution >= 4 is 23.2 Å². The molecule has 0 aliphatic carbocycles. The van der Waals surface area contributed by atoms with Gasteiger partial charge >= 0.3 is 0 Å². The lowest BCUT2D eigenvalue weighted by Crippen LogP contribution is -2.26.